The molecule has 1 aromatic carbocycles. The van der Waals surface area contributed by atoms with E-state index in [2.05, 4.69) is 21.9 Å². The van der Waals surface area contributed by atoms with Crippen molar-refractivity contribution in [3.8, 4) is 11.8 Å². The summed E-state index contributed by atoms with van der Waals surface area (Å²) in [5.74, 6) is 5.01. The first-order chi connectivity index (χ1) is 7.95. The highest BCUT2D eigenvalue weighted by Crippen LogP contribution is 2.34. The first-order valence-corrected chi connectivity index (χ1v) is 4.69. The summed E-state index contributed by atoms with van der Waals surface area (Å²) in [4.78, 5) is 2.48. The topological polar surface area (TPSA) is 48.8 Å². The van der Waals surface area contributed by atoms with Crippen molar-refractivity contribution >= 4 is 11.6 Å². The summed E-state index contributed by atoms with van der Waals surface area (Å²) in [5.41, 5.74) is 7.40. The number of benzene rings is 1. The minimum absolute atomic E-state index is 0.0465. The second-order valence-corrected chi connectivity index (χ2v) is 3.29. The maximum Gasteiger partial charge on any atom is 0.417 e. The van der Waals surface area contributed by atoms with Gasteiger partial charge in [0.1, 0.15) is 0 Å². The highest BCUT2D eigenvalue weighted by molar-refractivity contribution is 6.31. The fraction of sp³-hybridized carbons (Fsp3) is 0.200. The molecule has 0 aromatic heterocycles. The predicted molar refractivity (Wildman–Crippen MR) is 57.3 cm³/mol. The van der Waals surface area contributed by atoms with Crippen LogP contribution in [0.2, 0.25) is 5.02 Å². The quantitative estimate of drug-likeness (QED) is 0.317. The van der Waals surface area contributed by atoms with E-state index in [1.807, 2.05) is 0 Å². The van der Waals surface area contributed by atoms with Gasteiger partial charge in [0.15, 0.2) is 0 Å². The standard InChI is InChI=1S/C10H5ClF3N3/c11-9-6-7(2-1-5-16-17-15)3-4-8(9)10(12,13)14/h3-4,6H,5H2. The van der Waals surface area contributed by atoms with Crippen LogP contribution in [-0.4, -0.2) is 6.54 Å². The number of hydrogen-bond donors (Lipinski definition) is 0. The molecule has 0 atom stereocenters. The smallest absolute Gasteiger partial charge is 0.166 e. The summed E-state index contributed by atoms with van der Waals surface area (Å²) >= 11 is 5.48. The van der Waals surface area contributed by atoms with Crippen LogP contribution >= 0.6 is 11.6 Å². The highest BCUT2D eigenvalue weighted by Gasteiger charge is 2.32. The maximum absolute atomic E-state index is 12.4. The van der Waals surface area contributed by atoms with E-state index in [0.29, 0.717) is 5.56 Å². The van der Waals surface area contributed by atoms with Crippen molar-refractivity contribution in [2.24, 2.45) is 5.11 Å². The molecule has 0 aliphatic heterocycles. The molecule has 1 rings (SSSR count). The maximum atomic E-state index is 12.4. The van der Waals surface area contributed by atoms with Gasteiger partial charge < -0.3 is 0 Å². The summed E-state index contributed by atoms with van der Waals surface area (Å²) in [6.07, 6.45) is -4.48. The van der Waals surface area contributed by atoms with E-state index in [4.69, 9.17) is 17.1 Å². The molecule has 88 valence electrons. The Bertz CT molecular complexity index is 522. The fourth-order valence-corrected chi connectivity index (χ4v) is 1.32. The number of rotatable bonds is 1. The van der Waals surface area contributed by atoms with Crippen molar-refractivity contribution in [3.63, 3.8) is 0 Å². The first kappa shape index (κ1) is 13.2. The number of hydrogen-bond acceptors (Lipinski definition) is 1. The van der Waals surface area contributed by atoms with Gasteiger partial charge in [0, 0.05) is 10.5 Å². The number of nitrogens with zero attached hydrogens (tertiary/aromatic N) is 3. The number of halogens is 4. The third-order valence-corrected chi connectivity index (χ3v) is 2.03. The Morgan fingerprint density at radius 2 is 2.12 bits per heavy atom. The van der Waals surface area contributed by atoms with Crippen LogP contribution < -0.4 is 0 Å². The van der Waals surface area contributed by atoms with Gasteiger partial charge in [-0.15, -0.1) is 0 Å². The molecule has 7 heteroatoms. The predicted octanol–water partition coefficient (Wildman–Crippen LogP) is 4.02. The van der Waals surface area contributed by atoms with Gasteiger partial charge >= 0.3 is 6.18 Å². The Kier molecular flexibility index (Phi) is 4.27. The van der Waals surface area contributed by atoms with Gasteiger partial charge in [-0.25, -0.2) is 0 Å². The molecular formula is C10H5ClF3N3. The Hall–Kier alpha value is -1.83. The summed E-state index contributed by atoms with van der Waals surface area (Å²) in [7, 11) is 0. The molecule has 0 unspecified atom stereocenters. The summed E-state index contributed by atoms with van der Waals surface area (Å²) in [6, 6.07) is 3.19. The lowest BCUT2D eigenvalue weighted by atomic mass is 10.1. The van der Waals surface area contributed by atoms with Crippen molar-refractivity contribution in [2.75, 3.05) is 6.54 Å². The number of alkyl halides is 3. The lowest BCUT2D eigenvalue weighted by molar-refractivity contribution is -0.137. The van der Waals surface area contributed by atoms with E-state index in [0.717, 1.165) is 12.1 Å². The van der Waals surface area contributed by atoms with Crippen molar-refractivity contribution in [1.82, 2.24) is 0 Å². The molecule has 3 nitrogen and oxygen atoms in total. The molecule has 0 radical (unpaired) electrons. The van der Waals surface area contributed by atoms with E-state index in [9.17, 15) is 13.2 Å². The second-order valence-electron chi connectivity index (χ2n) is 2.88. The Morgan fingerprint density at radius 3 is 2.65 bits per heavy atom. The van der Waals surface area contributed by atoms with Crippen LogP contribution in [0.4, 0.5) is 13.2 Å². The third kappa shape index (κ3) is 3.91. The van der Waals surface area contributed by atoms with E-state index in [1.54, 1.807) is 0 Å². The van der Waals surface area contributed by atoms with Gasteiger partial charge in [-0.05, 0) is 23.7 Å². The van der Waals surface area contributed by atoms with Gasteiger partial charge in [-0.3, -0.25) is 0 Å². The summed E-state index contributed by atoms with van der Waals surface area (Å²) in [6.45, 7) is -0.0465. The Labute approximate surface area is 99.8 Å². The lowest BCUT2D eigenvalue weighted by Gasteiger charge is -2.08. The van der Waals surface area contributed by atoms with Crippen molar-refractivity contribution in [1.29, 1.82) is 0 Å². The molecule has 0 N–H and O–H groups in total. The zero-order valence-corrected chi connectivity index (χ0v) is 9.05. The first-order valence-electron chi connectivity index (χ1n) is 4.31. The van der Waals surface area contributed by atoms with Crippen molar-refractivity contribution in [3.05, 3.63) is 44.8 Å². The van der Waals surface area contributed by atoms with Gasteiger partial charge in [0.25, 0.3) is 0 Å². The van der Waals surface area contributed by atoms with E-state index < -0.39 is 16.8 Å². The molecule has 0 bridgehead atoms. The van der Waals surface area contributed by atoms with Crippen LogP contribution in [-0.2, 0) is 6.18 Å². The molecule has 0 saturated heterocycles. The molecule has 0 heterocycles. The van der Waals surface area contributed by atoms with E-state index in [1.165, 1.54) is 6.07 Å². The average molecular weight is 260 g/mol. The van der Waals surface area contributed by atoms with Crippen LogP contribution in [0.25, 0.3) is 10.4 Å². The molecule has 0 saturated carbocycles. The number of azide groups is 1. The largest absolute Gasteiger partial charge is 0.417 e. The third-order valence-electron chi connectivity index (χ3n) is 1.72. The minimum Gasteiger partial charge on any atom is -0.166 e. The van der Waals surface area contributed by atoms with Crippen LogP contribution in [0.5, 0.6) is 0 Å². The average Bonchev–Trinajstić information content (AvgIpc) is 2.23. The van der Waals surface area contributed by atoms with Crippen LogP contribution in [0.15, 0.2) is 23.3 Å². The monoisotopic (exact) mass is 259 g/mol. The zero-order chi connectivity index (χ0) is 12.9. The van der Waals surface area contributed by atoms with Crippen LogP contribution in [0.1, 0.15) is 11.1 Å². The van der Waals surface area contributed by atoms with E-state index >= 15 is 0 Å². The van der Waals surface area contributed by atoms with Crippen molar-refractivity contribution < 1.29 is 13.2 Å². The van der Waals surface area contributed by atoms with E-state index in [-0.39, 0.29) is 6.54 Å². The zero-order valence-electron chi connectivity index (χ0n) is 8.29. The van der Waals surface area contributed by atoms with Gasteiger partial charge in [0.05, 0.1) is 17.1 Å². The molecule has 17 heavy (non-hydrogen) atoms. The second kappa shape index (κ2) is 5.48. The molecule has 0 aliphatic rings. The minimum atomic E-state index is -4.48. The lowest BCUT2D eigenvalue weighted by Crippen LogP contribution is -2.05. The van der Waals surface area contributed by atoms with Crippen LogP contribution in [0.3, 0.4) is 0 Å². The molecule has 0 amide bonds. The summed E-state index contributed by atoms with van der Waals surface area (Å²) in [5, 5.41) is 2.75. The summed E-state index contributed by atoms with van der Waals surface area (Å²) < 4.78 is 37.1. The highest BCUT2D eigenvalue weighted by atomic mass is 35.5. The fourth-order valence-electron chi connectivity index (χ4n) is 1.03. The van der Waals surface area contributed by atoms with Gasteiger partial charge in [-0.1, -0.05) is 28.6 Å². The van der Waals surface area contributed by atoms with Gasteiger partial charge in [0.2, 0.25) is 0 Å². The Morgan fingerprint density at radius 1 is 1.41 bits per heavy atom. The van der Waals surface area contributed by atoms with Crippen molar-refractivity contribution in [2.45, 2.75) is 6.18 Å². The van der Waals surface area contributed by atoms with Gasteiger partial charge in [-0.2, -0.15) is 13.2 Å². The molecular weight excluding hydrogens is 255 g/mol. The molecule has 1 aromatic rings. The Balaban J connectivity index is 2.96. The molecule has 0 aliphatic carbocycles. The molecule has 0 spiro atoms. The van der Waals surface area contributed by atoms with Crippen LogP contribution in [0, 0.1) is 11.8 Å². The SMILES string of the molecule is [N-]=[N+]=NCC#Cc1ccc(C(F)(F)F)c(Cl)c1. The normalized spacial score (nSPS) is 10.1. The molecule has 0 fully saturated rings.